The summed E-state index contributed by atoms with van der Waals surface area (Å²) in [5.74, 6) is 0. The number of hydrogen-bond acceptors (Lipinski definition) is 5. The summed E-state index contributed by atoms with van der Waals surface area (Å²) in [4.78, 5) is 4.31. The van der Waals surface area contributed by atoms with Crippen LogP contribution in [-0.2, 0) is 0 Å². The molecule has 2 heterocycles. The topological polar surface area (TPSA) is 64.7 Å². The molecule has 4 nitrogen and oxygen atoms in total. The summed E-state index contributed by atoms with van der Waals surface area (Å²) >= 11 is 7.17. The second-order valence-corrected chi connectivity index (χ2v) is 4.90. The number of rotatable bonds is 1. The molecule has 84 valence electrons. The van der Waals surface area contributed by atoms with Crippen LogP contribution in [0.25, 0.3) is 21.5 Å². The molecule has 3 aromatic rings. The number of hydrogen-bond donors (Lipinski definition) is 1. The number of thiazole rings is 1. The number of benzene rings is 1. The predicted molar refractivity (Wildman–Crippen MR) is 70.1 cm³/mol. The van der Waals surface area contributed by atoms with Gasteiger partial charge in [0.15, 0.2) is 10.3 Å². The van der Waals surface area contributed by atoms with Gasteiger partial charge in [0.25, 0.3) is 0 Å². The first-order valence-electron chi connectivity index (χ1n) is 4.89. The van der Waals surface area contributed by atoms with Crippen LogP contribution in [0.1, 0.15) is 0 Å². The zero-order valence-electron chi connectivity index (χ0n) is 8.59. The minimum absolute atomic E-state index is 0.374. The number of nitrogens with two attached hydrogens (primary N) is 1. The number of nitrogens with zero attached hydrogens (tertiary/aromatic N) is 3. The molecule has 0 bridgehead atoms. The zero-order valence-corrected chi connectivity index (χ0v) is 10.2. The fourth-order valence-corrected chi connectivity index (χ4v) is 2.49. The molecule has 0 aliphatic carbocycles. The van der Waals surface area contributed by atoms with Crippen LogP contribution in [0.3, 0.4) is 0 Å². The van der Waals surface area contributed by atoms with Gasteiger partial charge < -0.3 is 5.73 Å². The maximum absolute atomic E-state index is 5.71. The van der Waals surface area contributed by atoms with Crippen LogP contribution in [0.5, 0.6) is 0 Å². The molecule has 0 saturated carbocycles. The Morgan fingerprint density at radius 2 is 2.00 bits per heavy atom. The second kappa shape index (κ2) is 3.94. The lowest BCUT2D eigenvalue weighted by atomic mass is 10.1. The summed E-state index contributed by atoms with van der Waals surface area (Å²) < 4.78 is 1.04. The molecule has 3 rings (SSSR count). The monoisotopic (exact) mass is 262 g/mol. The maximum Gasteiger partial charge on any atom is 0.181 e. The van der Waals surface area contributed by atoms with Crippen LogP contribution in [0, 0.1) is 0 Å². The van der Waals surface area contributed by atoms with E-state index >= 15 is 0 Å². The normalized spacial score (nSPS) is 10.9. The van der Waals surface area contributed by atoms with E-state index < -0.39 is 0 Å². The number of fused-ring (bicyclic) bond motifs is 1. The molecule has 0 atom stereocenters. The van der Waals surface area contributed by atoms with Gasteiger partial charge in [-0.15, -0.1) is 10.2 Å². The minimum Gasteiger partial charge on any atom is -0.375 e. The molecule has 17 heavy (non-hydrogen) atoms. The van der Waals surface area contributed by atoms with E-state index in [1.165, 1.54) is 11.3 Å². The Morgan fingerprint density at radius 1 is 1.12 bits per heavy atom. The van der Waals surface area contributed by atoms with Gasteiger partial charge in [0, 0.05) is 5.56 Å². The van der Waals surface area contributed by atoms with Crippen molar-refractivity contribution in [3.05, 3.63) is 35.5 Å². The Balaban J connectivity index is 2.26. The fourth-order valence-electron chi connectivity index (χ4n) is 1.63. The summed E-state index contributed by atoms with van der Waals surface area (Å²) in [6.07, 6.45) is 0. The zero-order chi connectivity index (χ0) is 11.8. The second-order valence-electron chi connectivity index (χ2n) is 3.45. The lowest BCUT2D eigenvalue weighted by Gasteiger charge is -2.00. The maximum atomic E-state index is 5.71. The molecule has 0 saturated heterocycles. The Morgan fingerprint density at radius 3 is 2.76 bits per heavy atom. The fraction of sp³-hybridized carbons (Fsp3) is 0. The Kier molecular flexibility index (Phi) is 2.42. The van der Waals surface area contributed by atoms with Crippen molar-refractivity contribution in [2.45, 2.75) is 0 Å². The molecular formula is C11H7ClN4S. The number of anilines is 1. The van der Waals surface area contributed by atoms with Crippen molar-refractivity contribution < 1.29 is 0 Å². The van der Waals surface area contributed by atoms with Gasteiger partial charge in [0.2, 0.25) is 0 Å². The first kappa shape index (κ1) is 10.4. The van der Waals surface area contributed by atoms with Crippen LogP contribution in [0.4, 0.5) is 5.13 Å². The van der Waals surface area contributed by atoms with Gasteiger partial charge in [0.05, 0.1) is 15.9 Å². The largest absolute Gasteiger partial charge is 0.375 e. The van der Waals surface area contributed by atoms with Gasteiger partial charge in [-0.3, -0.25) is 0 Å². The molecule has 0 spiro atoms. The molecule has 0 amide bonds. The molecule has 0 aliphatic rings. The van der Waals surface area contributed by atoms with Crippen LogP contribution in [0.15, 0.2) is 30.3 Å². The van der Waals surface area contributed by atoms with E-state index in [1.807, 2.05) is 24.3 Å². The molecule has 2 N–H and O–H groups in total. The average molecular weight is 263 g/mol. The third-order valence-electron chi connectivity index (χ3n) is 2.34. The van der Waals surface area contributed by atoms with Crippen molar-refractivity contribution in [1.29, 1.82) is 0 Å². The highest BCUT2D eigenvalue weighted by Gasteiger charge is 2.09. The summed E-state index contributed by atoms with van der Waals surface area (Å²) in [5, 5.41) is 8.80. The molecule has 0 radical (unpaired) electrons. The molecular weight excluding hydrogens is 256 g/mol. The van der Waals surface area contributed by atoms with Crippen molar-refractivity contribution in [1.82, 2.24) is 15.2 Å². The van der Waals surface area contributed by atoms with Crippen LogP contribution in [0.2, 0.25) is 5.15 Å². The van der Waals surface area contributed by atoms with E-state index in [0.29, 0.717) is 10.3 Å². The smallest absolute Gasteiger partial charge is 0.181 e. The molecule has 0 fully saturated rings. The average Bonchev–Trinajstić information content (AvgIpc) is 2.70. The first-order valence-corrected chi connectivity index (χ1v) is 6.08. The van der Waals surface area contributed by atoms with E-state index in [1.54, 1.807) is 6.07 Å². The highest BCUT2D eigenvalue weighted by molar-refractivity contribution is 7.22. The predicted octanol–water partition coefficient (Wildman–Crippen LogP) is 2.99. The Hall–Kier alpha value is -1.72. The number of para-hydroxylation sites is 1. The van der Waals surface area contributed by atoms with Gasteiger partial charge in [-0.05, 0) is 18.2 Å². The molecule has 6 heteroatoms. The highest BCUT2D eigenvalue weighted by atomic mass is 35.5. The Labute approximate surface area is 106 Å². The van der Waals surface area contributed by atoms with Gasteiger partial charge in [0.1, 0.15) is 0 Å². The lowest BCUT2D eigenvalue weighted by Crippen LogP contribution is -1.88. The van der Waals surface area contributed by atoms with Gasteiger partial charge >= 0.3 is 0 Å². The van der Waals surface area contributed by atoms with E-state index in [-0.39, 0.29) is 0 Å². The standard InChI is InChI=1S/C11H7ClN4S/c12-9-5-4-7(15-16-9)6-2-1-3-8-10(6)14-11(13)17-8/h1-5H,(H2,13,14). The third kappa shape index (κ3) is 1.83. The molecule has 1 aromatic carbocycles. The van der Waals surface area contributed by atoms with Crippen molar-refractivity contribution in [2.75, 3.05) is 5.73 Å². The Bertz CT molecular complexity index is 678. The number of nitrogen functional groups attached to an aromatic ring is 1. The van der Waals surface area contributed by atoms with Crippen molar-refractivity contribution in [2.24, 2.45) is 0 Å². The molecule has 2 aromatic heterocycles. The van der Waals surface area contributed by atoms with Crippen molar-refractivity contribution in [3.63, 3.8) is 0 Å². The van der Waals surface area contributed by atoms with Crippen LogP contribution >= 0.6 is 22.9 Å². The molecule has 0 aliphatic heterocycles. The summed E-state index contributed by atoms with van der Waals surface area (Å²) in [6.45, 7) is 0. The third-order valence-corrected chi connectivity index (χ3v) is 3.39. The minimum atomic E-state index is 0.374. The summed E-state index contributed by atoms with van der Waals surface area (Å²) in [6, 6.07) is 9.40. The van der Waals surface area contributed by atoms with E-state index in [0.717, 1.165) is 21.5 Å². The van der Waals surface area contributed by atoms with Gasteiger partial charge in [-0.2, -0.15) is 0 Å². The summed E-state index contributed by atoms with van der Waals surface area (Å²) in [7, 11) is 0. The van der Waals surface area contributed by atoms with Crippen LogP contribution in [-0.4, -0.2) is 15.2 Å². The van der Waals surface area contributed by atoms with Gasteiger partial charge in [-0.25, -0.2) is 4.98 Å². The molecule has 0 unspecified atom stereocenters. The van der Waals surface area contributed by atoms with Crippen LogP contribution < -0.4 is 5.73 Å². The SMILES string of the molecule is Nc1nc2c(-c3ccc(Cl)nn3)cccc2s1. The van der Waals surface area contributed by atoms with Crippen molar-refractivity contribution in [3.8, 4) is 11.3 Å². The van der Waals surface area contributed by atoms with Gasteiger partial charge in [-0.1, -0.05) is 35.1 Å². The highest BCUT2D eigenvalue weighted by Crippen LogP contribution is 2.31. The van der Waals surface area contributed by atoms with E-state index in [2.05, 4.69) is 15.2 Å². The summed E-state index contributed by atoms with van der Waals surface area (Å²) in [5.41, 5.74) is 8.22. The van der Waals surface area contributed by atoms with E-state index in [4.69, 9.17) is 17.3 Å². The number of aromatic nitrogens is 3. The number of halogens is 1. The lowest BCUT2D eigenvalue weighted by molar-refractivity contribution is 1.04. The van der Waals surface area contributed by atoms with Crippen molar-refractivity contribution >= 4 is 38.3 Å². The quantitative estimate of drug-likeness (QED) is 0.732. The van der Waals surface area contributed by atoms with E-state index in [9.17, 15) is 0 Å². The first-order chi connectivity index (χ1) is 8.24.